The van der Waals surface area contributed by atoms with Crippen molar-refractivity contribution in [1.82, 2.24) is 5.32 Å². The van der Waals surface area contributed by atoms with E-state index in [0.717, 1.165) is 0 Å². The summed E-state index contributed by atoms with van der Waals surface area (Å²) in [4.78, 5) is 3.92. The van der Waals surface area contributed by atoms with Crippen LogP contribution in [0.5, 0.6) is 0 Å². The van der Waals surface area contributed by atoms with E-state index in [4.69, 9.17) is 4.74 Å². The average Bonchev–Trinajstić information content (AvgIpc) is 2.58. The monoisotopic (exact) mass is 270 g/mol. The van der Waals surface area contributed by atoms with Crippen LogP contribution < -0.4 is 5.32 Å². The molecular weight excluding hydrogens is 257 g/mol. The van der Waals surface area contributed by atoms with Crippen LogP contribution in [0.25, 0.3) is 0 Å². The highest BCUT2D eigenvalue weighted by atomic mass is 32.2. The highest BCUT2D eigenvalue weighted by Gasteiger charge is 2.46. The van der Waals surface area contributed by atoms with Gasteiger partial charge in [0, 0.05) is 7.05 Å². The van der Waals surface area contributed by atoms with Crippen molar-refractivity contribution in [3.05, 3.63) is 0 Å². The van der Waals surface area contributed by atoms with E-state index in [0.29, 0.717) is 5.17 Å². The molecule has 0 aromatic rings. The summed E-state index contributed by atoms with van der Waals surface area (Å²) in [6.45, 7) is 0. The zero-order valence-corrected chi connectivity index (χ0v) is 9.88. The van der Waals surface area contributed by atoms with Crippen LogP contribution in [0.15, 0.2) is 4.99 Å². The molecule has 2 rings (SSSR count). The molecule has 4 nitrogen and oxygen atoms in total. The zero-order valence-electron chi connectivity index (χ0n) is 9.07. The maximum absolute atomic E-state index is 12.3. The van der Waals surface area contributed by atoms with Crippen LogP contribution >= 0.6 is 11.8 Å². The normalized spacial score (nSPS) is 40.2. The van der Waals surface area contributed by atoms with Gasteiger partial charge in [0.05, 0.1) is 24.7 Å². The molecule has 0 bridgehead atoms. The Kier molecular flexibility index (Phi) is 3.55. The maximum Gasteiger partial charge on any atom is 0.391 e. The van der Waals surface area contributed by atoms with Crippen LogP contribution in [0, 0.1) is 0 Å². The summed E-state index contributed by atoms with van der Waals surface area (Å²) in [5.74, 6) is 0. The van der Waals surface area contributed by atoms with Crippen LogP contribution in [-0.2, 0) is 4.74 Å². The van der Waals surface area contributed by atoms with Gasteiger partial charge in [-0.15, -0.1) is 0 Å². The predicted molar refractivity (Wildman–Crippen MR) is 57.8 cm³/mol. The first-order valence-corrected chi connectivity index (χ1v) is 6.07. The third-order valence-corrected chi connectivity index (χ3v) is 3.93. The summed E-state index contributed by atoms with van der Waals surface area (Å²) >= 11 is 1.26. The van der Waals surface area contributed by atoms with Gasteiger partial charge in [-0.3, -0.25) is 4.99 Å². The quantitative estimate of drug-likeness (QED) is 0.749. The number of nitrogens with zero attached hydrogens (tertiary/aromatic N) is 1. The van der Waals surface area contributed by atoms with Crippen molar-refractivity contribution < 1.29 is 23.0 Å². The molecule has 0 radical (unpaired) electrons. The summed E-state index contributed by atoms with van der Waals surface area (Å²) in [5.41, 5.74) is -0.399. The number of aliphatic hydroxyl groups excluding tert-OH is 1. The second-order valence-corrected chi connectivity index (χ2v) is 5.15. The fraction of sp³-hybridized carbons (Fsp3) is 0.889. The molecule has 2 fully saturated rings. The molecule has 98 valence electrons. The highest BCUT2D eigenvalue weighted by Crippen LogP contribution is 2.36. The Labute approximate surface area is 101 Å². The summed E-state index contributed by atoms with van der Waals surface area (Å²) in [6.07, 6.45) is -7.46. The molecular formula is C9H13F3N2O2S. The van der Waals surface area contributed by atoms with Gasteiger partial charge < -0.3 is 15.2 Å². The minimum Gasteiger partial charge on any atom is -0.390 e. The van der Waals surface area contributed by atoms with Crippen LogP contribution in [0.2, 0.25) is 0 Å². The van der Waals surface area contributed by atoms with Gasteiger partial charge in [0.1, 0.15) is 5.44 Å². The molecule has 2 heterocycles. The molecule has 0 aromatic heterocycles. The lowest BCUT2D eigenvalue weighted by atomic mass is 9.99. The number of nitrogens with one attached hydrogen (secondary N) is 1. The zero-order chi connectivity index (χ0) is 12.6. The number of ether oxygens (including phenoxy) is 1. The largest absolute Gasteiger partial charge is 0.391 e. The van der Waals surface area contributed by atoms with E-state index in [1.54, 1.807) is 7.05 Å². The number of halogens is 3. The van der Waals surface area contributed by atoms with Crippen molar-refractivity contribution in [3.8, 4) is 0 Å². The van der Waals surface area contributed by atoms with E-state index in [1.807, 2.05) is 0 Å². The van der Waals surface area contributed by atoms with Gasteiger partial charge in [-0.1, -0.05) is 11.8 Å². The van der Waals surface area contributed by atoms with Crippen molar-refractivity contribution in [1.29, 1.82) is 0 Å². The van der Waals surface area contributed by atoms with Gasteiger partial charge in [-0.25, -0.2) is 0 Å². The lowest BCUT2D eigenvalue weighted by molar-refractivity contribution is -0.190. The second-order valence-electron chi connectivity index (χ2n) is 4.06. The smallest absolute Gasteiger partial charge is 0.390 e. The Morgan fingerprint density at radius 3 is 2.88 bits per heavy atom. The number of fused-ring (bicyclic) bond motifs is 1. The first kappa shape index (κ1) is 13.0. The summed E-state index contributed by atoms with van der Waals surface area (Å²) < 4.78 is 42.1. The van der Waals surface area contributed by atoms with Crippen LogP contribution in [0.1, 0.15) is 12.8 Å². The molecule has 2 N–H and O–H groups in total. The number of hydrogen-bond donors (Lipinski definition) is 2. The number of aliphatic hydroxyl groups is 1. The van der Waals surface area contributed by atoms with Gasteiger partial charge in [0.2, 0.25) is 0 Å². The minimum atomic E-state index is -4.32. The first-order chi connectivity index (χ1) is 7.89. The molecule has 2 aliphatic heterocycles. The van der Waals surface area contributed by atoms with Crippen molar-refractivity contribution in [2.45, 2.75) is 42.7 Å². The highest BCUT2D eigenvalue weighted by molar-refractivity contribution is 8.14. The van der Waals surface area contributed by atoms with Crippen molar-refractivity contribution in [2.24, 2.45) is 4.99 Å². The van der Waals surface area contributed by atoms with Gasteiger partial charge in [-0.2, -0.15) is 13.2 Å². The Morgan fingerprint density at radius 1 is 1.59 bits per heavy atom. The number of alkyl halides is 3. The van der Waals surface area contributed by atoms with E-state index >= 15 is 0 Å². The SMILES string of the molecule is CN=C1NC2CC(O)C(CC(F)(F)F)OC2S1. The van der Waals surface area contributed by atoms with Crippen molar-refractivity contribution >= 4 is 16.9 Å². The average molecular weight is 270 g/mol. The first-order valence-electron chi connectivity index (χ1n) is 5.19. The fourth-order valence-electron chi connectivity index (χ4n) is 1.95. The van der Waals surface area contributed by atoms with Gasteiger partial charge >= 0.3 is 6.18 Å². The van der Waals surface area contributed by atoms with Gasteiger partial charge in [0.25, 0.3) is 0 Å². The van der Waals surface area contributed by atoms with Gasteiger partial charge in [0.15, 0.2) is 5.17 Å². The molecule has 0 saturated carbocycles. The fourth-order valence-corrected chi connectivity index (χ4v) is 3.04. The second kappa shape index (κ2) is 4.66. The number of aliphatic imine (C=N–C) groups is 1. The molecule has 0 aliphatic carbocycles. The van der Waals surface area contributed by atoms with Crippen LogP contribution in [-0.4, -0.2) is 47.2 Å². The van der Waals surface area contributed by atoms with E-state index in [-0.39, 0.29) is 12.5 Å². The summed E-state index contributed by atoms with van der Waals surface area (Å²) in [7, 11) is 1.59. The summed E-state index contributed by atoms with van der Waals surface area (Å²) in [5, 5.41) is 13.3. The van der Waals surface area contributed by atoms with E-state index in [2.05, 4.69) is 10.3 Å². The molecule has 0 aromatic carbocycles. The Bertz CT molecular complexity index is 324. The molecule has 2 aliphatic rings. The Balaban J connectivity index is 2.00. The lowest BCUT2D eigenvalue weighted by Gasteiger charge is -2.35. The Morgan fingerprint density at radius 2 is 2.29 bits per heavy atom. The van der Waals surface area contributed by atoms with Crippen LogP contribution in [0.4, 0.5) is 13.2 Å². The standard InChI is InChI=1S/C9H13F3N2O2S/c1-13-8-14-4-2-5(15)6(3-9(10,11)12)16-7(4)17-8/h4-7,15H,2-3H2,1H3,(H,13,14). The number of thioether (sulfide) groups is 1. The molecule has 8 heteroatoms. The third kappa shape index (κ3) is 3.05. The molecule has 0 amide bonds. The molecule has 4 unspecified atom stereocenters. The van der Waals surface area contributed by atoms with E-state index in [1.165, 1.54) is 11.8 Å². The summed E-state index contributed by atoms with van der Waals surface area (Å²) in [6, 6.07) is -0.168. The maximum atomic E-state index is 12.3. The van der Waals surface area contributed by atoms with Gasteiger partial charge in [-0.05, 0) is 6.42 Å². The molecule has 0 spiro atoms. The lowest BCUT2D eigenvalue weighted by Crippen LogP contribution is -2.49. The van der Waals surface area contributed by atoms with Crippen molar-refractivity contribution in [2.75, 3.05) is 7.05 Å². The number of hydrogen-bond acceptors (Lipinski definition) is 4. The van der Waals surface area contributed by atoms with E-state index < -0.39 is 30.2 Å². The topological polar surface area (TPSA) is 53.9 Å². The predicted octanol–water partition coefficient (Wildman–Crippen LogP) is 1.11. The number of rotatable bonds is 1. The van der Waals surface area contributed by atoms with E-state index in [9.17, 15) is 18.3 Å². The number of amidine groups is 1. The molecule has 2 saturated heterocycles. The van der Waals surface area contributed by atoms with Crippen molar-refractivity contribution in [3.63, 3.8) is 0 Å². The Hall–Kier alpha value is -0.470. The molecule has 4 atom stereocenters. The third-order valence-electron chi connectivity index (χ3n) is 2.73. The minimum absolute atomic E-state index is 0.168. The van der Waals surface area contributed by atoms with Crippen LogP contribution in [0.3, 0.4) is 0 Å². The molecule has 17 heavy (non-hydrogen) atoms.